The van der Waals surface area contributed by atoms with Crippen molar-refractivity contribution in [3.05, 3.63) is 46.2 Å². The Balaban J connectivity index is 1.70. The number of aryl methyl sites for hydroxylation is 1. The number of hydrogen-bond donors (Lipinski definition) is 2. The lowest BCUT2D eigenvalue weighted by Gasteiger charge is -2.13. The molecule has 0 saturated heterocycles. The SMILES string of the molecule is CNC(=O)Cn1cc(NC2CCc3cc(Br)ccc32)cn1. The molecule has 2 aromatic rings. The molecule has 0 spiro atoms. The maximum absolute atomic E-state index is 11.3. The highest BCUT2D eigenvalue weighted by Gasteiger charge is 2.22. The number of rotatable bonds is 4. The van der Waals surface area contributed by atoms with E-state index in [4.69, 9.17) is 0 Å². The number of carbonyl (C=O) groups is 1. The summed E-state index contributed by atoms with van der Waals surface area (Å²) in [5, 5.41) is 10.3. The Hall–Kier alpha value is -1.82. The van der Waals surface area contributed by atoms with E-state index in [0.29, 0.717) is 6.04 Å². The zero-order chi connectivity index (χ0) is 14.8. The van der Waals surface area contributed by atoms with E-state index in [1.54, 1.807) is 17.9 Å². The highest BCUT2D eigenvalue weighted by atomic mass is 79.9. The van der Waals surface area contributed by atoms with Gasteiger partial charge in [-0.15, -0.1) is 0 Å². The number of nitrogens with one attached hydrogen (secondary N) is 2. The molecule has 6 heteroatoms. The fraction of sp³-hybridized carbons (Fsp3) is 0.333. The number of anilines is 1. The van der Waals surface area contributed by atoms with Gasteiger partial charge in [0.05, 0.1) is 17.9 Å². The average Bonchev–Trinajstić information content (AvgIpc) is 3.06. The predicted molar refractivity (Wildman–Crippen MR) is 85.1 cm³/mol. The molecule has 21 heavy (non-hydrogen) atoms. The number of aromatic nitrogens is 2. The van der Waals surface area contributed by atoms with Crippen molar-refractivity contribution in [3.8, 4) is 0 Å². The molecular formula is C15H17BrN4O. The van der Waals surface area contributed by atoms with Crippen molar-refractivity contribution in [2.75, 3.05) is 12.4 Å². The maximum atomic E-state index is 11.3. The molecule has 5 nitrogen and oxygen atoms in total. The largest absolute Gasteiger partial charge is 0.376 e. The highest BCUT2D eigenvalue weighted by molar-refractivity contribution is 9.10. The third-order valence-corrected chi connectivity index (χ3v) is 4.23. The third kappa shape index (κ3) is 3.10. The fourth-order valence-electron chi connectivity index (χ4n) is 2.69. The maximum Gasteiger partial charge on any atom is 0.241 e. The molecule has 1 atom stereocenters. The average molecular weight is 349 g/mol. The van der Waals surface area contributed by atoms with Crippen LogP contribution in [-0.2, 0) is 17.8 Å². The minimum absolute atomic E-state index is 0.0549. The Labute approximate surface area is 131 Å². The van der Waals surface area contributed by atoms with E-state index in [1.165, 1.54) is 11.1 Å². The molecule has 1 aliphatic rings. The van der Waals surface area contributed by atoms with Crippen molar-refractivity contribution in [1.82, 2.24) is 15.1 Å². The summed E-state index contributed by atoms with van der Waals surface area (Å²) < 4.78 is 2.76. The molecule has 0 bridgehead atoms. The monoisotopic (exact) mass is 348 g/mol. The number of amides is 1. The number of hydrogen-bond acceptors (Lipinski definition) is 3. The van der Waals surface area contributed by atoms with Gasteiger partial charge in [-0.25, -0.2) is 0 Å². The van der Waals surface area contributed by atoms with Crippen molar-refractivity contribution < 1.29 is 4.79 Å². The second-order valence-electron chi connectivity index (χ2n) is 5.18. The van der Waals surface area contributed by atoms with Crippen LogP contribution in [0.4, 0.5) is 5.69 Å². The van der Waals surface area contributed by atoms with Gasteiger partial charge < -0.3 is 10.6 Å². The quantitative estimate of drug-likeness (QED) is 0.892. The Morgan fingerprint density at radius 1 is 1.52 bits per heavy atom. The second-order valence-corrected chi connectivity index (χ2v) is 6.09. The number of nitrogens with zero attached hydrogens (tertiary/aromatic N) is 2. The number of benzene rings is 1. The van der Waals surface area contributed by atoms with Crippen LogP contribution in [0, 0.1) is 0 Å². The van der Waals surface area contributed by atoms with Gasteiger partial charge in [0.1, 0.15) is 6.54 Å². The molecular weight excluding hydrogens is 332 g/mol. The zero-order valence-electron chi connectivity index (χ0n) is 11.8. The number of likely N-dealkylation sites (N-methyl/N-ethyl adjacent to an activating group) is 1. The van der Waals surface area contributed by atoms with Crippen LogP contribution < -0.4 is 10.6 Å². The summed E-state index contributed by atoms with van der Waals surface area (Å²) >= 11 is 3.51. The van der Waals surface area contributed by atoms with E-state index >= 15 is 0 Å². The normalized spacial score (nSPS) is 16.6. The molecule has 2 N–H and O–H groups in total. The van der Waals surface area contributed by atoms with Crippen LogP contribution in [-0.4, -0.2) is 22.7 Å². The standard InChI is InChI=1S/C15H17BrN4O/c1-17-15(21)9-20-8-12(7-18-20)19-14-5-2-10-6-11(16)3-4-13(10)14/h3-4,6-8,14,19H,2,5,9H2,1H3,(H,17,21). The molecule has 0 aliphatic heterocycles. The fourth-order valence-corrected chi connectivity index (χ4v) is 3.10. The summed E-state index contributed by atoms with van der Waals surface area (Å²) in [7, 11) is 1.62. The van der Waals surface area contributed by atoms with Crippen molar-refractivity contribution in [1.29, 1.82) is 0 Å². The Morgan fingerprint density at radius 3 is 3.19 bits per heavy atom. The van der Waals surface area contributed by atoms with Gasteiger partial charge in [0.2, 0.25) is 5.91 Å². The van der Waals surface area contributed by atoms with Crippen molar-refractivity contribution in [3.63, 3.8) is 0 Å². The van der Waals surface area contributed by atoms with Gasteiger partial charge >= 0.3 is 0 Å². The molecule has 1 amide bonds. The summed E-state index contributed by atoms with van der Waals surface area (Å²) in [5.74, 6) is -0.0549. The van der Waals surface area contributed by atoms with Gasteiger partial charge in [0, 0.05) is 17.7 Å². The van der Waals surface area contributed by atoms with Gasteiger partial charge in [-0.3, -0.25) is 9.48 Å². The number of fused-ring (bicyclic) bond motifs is 1. The van der Waals surface area contributed by atoms with E-state index in [0.717, 1.165) is 23.0 Å². The lowest BCUT2D eigenvalue weighted by molar-refractivity contribution is -0.121. The molecule has 0 radical (unpaired) electrons. The number of carbonyl (C=O) groups excluding carboxylic acids is 1. The van der Waals surface area contributed by atoms with Crippen LogP contribution >= 0.6 is 15.9 Å². The van der Waals surface area contributed by atoms with Crippen LogP contribution in [0.3, 0.4) is 0 Å². The van der Waals surface area contributed by atoms with E-state index in [-0.39, 0.29) is 12.5 Å². The van der Waals surface area contributed by atoms with Gasteiger partial charge in [-0.2, -0.15) is 5.10 Å². The first-order valence-electron chi connectivity index (χ1n) is 6.93. The molecule has 3 rings (SSSR count). The van der Waals surface area contributed by atoms with Gasteiger partial charge in [0.15, 0.2) is 0 Å². The molecule has 0 saturated carbocycles. The minimum atomic E-state index is -0.0549. The van der Waals surface area contributed by atoms with Crippen molar-refractivity contribution >= 4 is 27.5 Å². The summed E-state index contributed by atoms with van der Waals surface area (Å²) in [6.07, 6.45) is 5.79. The predicted octanol–water partition coefficient (Wildman–Crippen LogP) is 2.49. The van der Waals surface area contributed by atoms with Crippen molar-refractivity contribution in [2.45, 2.75) is 25.4 Å². The molecule has 1 unspecified atom stereocenters. The topological polar surface area (TPSA) is 59.0 Å². The first-order chi connectivity index (χ1) is 10.2. The summed E-state index contributed by atoms with van der Waals surface area (Å²) in [6, 6.07) is 6.74. The van der Waals surface area contributed by atoms with E-state index in [9.17, 15) is 4.79 Å². The zero-order valence-corrected chi connectivity index (χ0v) is 13.4. The molecule has 0 fully saturated rings. The highest BCUT2D eigenvalue weighted by Crippen LogP contribution is 2.35. The summed E-state index contributed by atoms with van der Waals surface area (Å²) in [6.45, 7) is 0.242. The van der Waals surface area contributed by atoms with Crippen LogP contribution in [0.15, 0.2) is 35.1 Å². The van der Waals surface area contributed by atoms with E-state index < -0.39 is 0 Å². The van der Waals surface area contributed by atoms with Crippen LogP contribution in [0.1, 0.15) is 23.6 Å². The summed E-state index contributed by atoms with van der Waals surface area (Å²) in [5.41, 5.74) is 3.68. The Morgan fingerprint density at radius 2 is 2.38 bits per heavy atom. The number of halogens is 1. The van der Waals surface area contributed by atoms with E-state index in [2.05, 4.69) is 49.9 Å². The van der Waals surface area contributed by atoms with Crippen LogP contribution in [0.2, 0.25) is 0 Å². The first-order valence-corrected chi connectivity index (χ1v) is 7.73. The van der Waals surface area contributed by atoms with E-state index in [1.807, 2.05) is 6.20 Å². The molecule has 1 heterocycles. The van der Waals surface area contributed by atoms with Crippen LogP contribution in [0.5, 0.6) is 0 Å². The molecule has 1 aromatic carbocycles. The lowest BCUT2D eigenvalue weighted by atomic mass is 10.1. The second kappa shape index (κ2) is 5.89. The van der Waals surface area contributed by atoms with Gasteiger partial charge in [-0.05, 0) is 36.1 Å². The van der Waals surface area contributed by atoms with Gasteiger partial charge in [-0.1, -0.05) is 22.0 Å². The van der Waals surface area contributed by atoms with Crippen LogP contribution in [0.25, 0.3) is 0 Å². The molecule has 1 aliphatic carbocycles. The molecule has 110 valence electrons. The van der Waals surface area contributed by atoms with Crippen molar-refractivity contribution in [2.24, 2.45) is 0 Å². The minimum Gasteiger partial charge on any atom is -0.376 e. The third-order valence-electron chi connectivity index (χ3n) is 3.74. The first kappa shape index (κ1) is 14.1. The Kier molecular flexibility index (Phi) is 3.96. The Bertz CT molecular complexity index is 667. The van der Waals surface area contributed by atoms with Gasteiger partial charge in [0.25, 0.3) is 0 Å². The molecule has 1 aromatic heterocycles. The summed E-state index contributed by atoms with van der Waals surface area (Å²) in [4.78, 5) is 11.3. The smallest absolute Gasteiger partial charge is 0.241 e. The lowest BCUT2D eigenvalue weighted by Crippen LogP contribution is -2.23.